The number of halogens is 2. The molecule has 2 nitrogen and oxygen atoms in total. The molecular weight excluding hydrogens is 308 g/mol. The highest BCUT2D eigenvalue weighted by atomic mass is 79.9. The average molecular weight is 320 g/mol. The van der Waals surface area contributed by atoms with Gasteiger partial charge < -0.3 is 5.32 Å². The number of aromatic nitrogens is 1. The van der Waals surface area contributed by atoms with Gasteiger partial charge >= 0.3 is 0 Å². The first-order valence-corrected chi connectivity index (χ1v) is 6.37. The molecule has 1 saturated heterocycles. The first-order chi connectivity index (χ1) is 6.75. The molecule has 1 fully saturated rings. The Morgan fingerprint density at radius 3 is 3.00 bits per heavy atom. The standard InChI is InChI=1S/C10H12Br2N2/c11-7-4-9(12)10(14-6-7)5-8-2-1-3-13-8/h4,6,8,13H,1-3,5H2. The Hall–Kier alpha value is 0.0700. The van der Waals surface area contributed by atoms with Crippen LogP contribution in [0, 0.1) is 0 Å². The summed E-state index contributed by atoms with van der Waals surface area (Å²) in [4.78, 5) is 4.41. The first kappa shape index (κ1) is 10.6. The van der Waals surface area contributed by atoms with Crippen molar-refractivity contribution in [2.24, 2.45) is 0 Å². The summed E-state index contributed by atoms with van der Waals surface area (Å²) in [5.41, 5.74) is 1.15. The van der Waals surface area contributed by atoms with Crippen LogP contribution in [0.1, 0.15) is 18.5 Å². The molecule has 0 aliphatic carbocycles. The number of hydrogen-bond donors (Lipinski definition) is 1. The SMILES string of the molecule is Brc1cnc(CC2CCCN2)c(Br)c1. The highest BCUT2D eigenvalue weighted by Crippen LogP contribution is 2.22. The van der Waals surface area contributed by atoms with Crippen LogP contribution in [-0.2, 0) is 6.42 Å². The lowest BCUT2D eigenvalue weighted by atomic mass is 10.1. The summed E-state index contributed by atoms with van der Waals surface area (Å²) in [5, 5.41) is 3.47. The van der Waals surface area contributed by atoms with Gasteiger partial charge in [0.15, 0.2) is 0 Å². The minimum absolute atomic E-state index is 0.611. The zero-order valence-electron chi connectivity index (χ0n) is 7.76. The van der Waals surface area contributed by atoms with Crippen LogP contribution >= 0.6 is 31.9 Å². The van der Waals surface area contributed by atoms with Crippen LogP contribution in [-0.4, -0.2) is 17.6 Å². The fourth-order valence-electron chi connectivity index (χ4n) is 1.76. The molecule has 0 saturated carbocycles. The number of pyridine rings is 1. The van der Waals surface area contributed by atoms with Crippen molar-refractivity contribution in [3.63, 3.8) is 0 Å². The van der Waals surface area contributed by atoms with E-state index in [0.717, 1.165) is 27.6 Å². The van der Waals surface area contributed by atoms with Crippen molar-refractivity contribution in [1.82, 2.24) is 10.3 Å². The zero-order valence-corrected chi connectivity index (χ0v) is 10.9. The molecule has 14 heavy (non-hydrogen) atoms. The van der Waals surface area contributed by atoms with Crippen molar-refractivity contribution in [2.45, 2.75) is 25.3 Å². The van der Waals surface area contributed by atoms with Gasteiger partial charge in [-0.15, -0.1) is 0 Å². The molecule has 4 heteroatoms. The topological polar surface area (TPSA) is 24.9 Å². The molecule has 1 atom stereocenters. The zero-order chi connectivity index (χ0) is 9.97. The molecule has 76 valence electrons. The van der Waals surface area contributed by atoms with E-state index in [0.29, 0.717) is 6.04 Å². The molecule has 1 N–H and O–H groups in total. The predicted octanol–water partition coefficient (Wildman–Crippen LogP) is 2.90. The van der Waals surface area contributed by atoms with Crippen molar-refractivity contribution in [3.05, 3.63) is 26.9 Å². The van der Waals surface area contributed by atoms with Crippen molar-refractivity contribution in [1.29, 1.82) is 0 Å². The van der Waals surface area contributed by atoms with Crippen LogP contribution in [0.5, 0.6) is 0 Å². The van der Waals surface area contributed by atoms with E-state index in [1.165, 1.54) is 12.8 Å². The minimum atomic E-state index is 0.611. The van der Waals surface area contributed by atoms with Crippen molar-refractivity contribution in [2.75, 3.05) is 6.54 Å². The van der Waals surface area contributed by atoms with E-state index in [-0.39, 0.29) is 0 Å². The third-order valence-electron chi connectivity index (χ3n) is 2.49. The third-order valence-corrected chi connectivity index (χ3v) is 3.61. The second kappa shape index (κ2) is 4.73. The Morgan fingerprint density at radius 1 is 1.50 bits per heavy atom. The summed E-state index contributed by atoms with van der Waals surface area (Å²) in [6.07, 6.45) is 5.44. The highest BCUT2D eigenvalue weighted by Gasteiger charge is 2.16. The monoisotopic (exact) mass is 318 g/mol. The molecule has 0 bridgehead atoms. The summed E-state index contributed by atoms with van der Waals surface area (Å²) in [7, 11) is 0. The summed E-state index contributed by atoms with van der Waals surface area (Å²) < 4.78 is 2.12. The van der Waals surface area contributed by atoms with E-state index in [4.69, 9.17) is 0 Å². The van der Waals surface area contributed by atoms with E-state index >= 15 is 0 Å². The largest absolute Gasteiger partial charge is 0.314 e. The lowest BCUT2D eigenvalue weighted by Crippen LogP contribution is -2.24. The molecule has 1 aromatic heterocycles. The van der Waals surface area contributed by atoms with Gasteiger partial charge in [0.2, 0.25) is 0 Å². The van der Waals surface area contributed by atoms with Crippen LogP contribution in [0.25, 0.3) is 0 Å². The lowest BCUT2D eigenvalue weighted by Gasteiger charge is -2.10. The van der Waals surface area contributed by atoms with E-state index in [2.05, 4.69) is 48.2 Å². The quantitative estimate of drug-likeness (QED) is 0.906. The lowest BCUT2D eigenvalue weighted by molar-refractivity contribution is 0.593. The van der Waals surface area contributed by atoms with Crippen LogP contribution in [0.4, 0.5) is 0 Å². The molecule has 1 aliphatic heterocycles. The average Bonchev–Trinajstić information content (AvgIpc) is 2.62. The second-order valence-electron chi connectivity index (χ2n) is 3.58. The molecule has 0 amide bonds. The van der Waals surface area contributed by atoms with Gasteiger partial charge in [0, 0.05) is 27.6 Å². The normalized spacial score (nSPS) is 21.4. The van der Waals surface area contributed by atoms with E-state index in [1.54, 1.807) is 0 Å². The van der Waals surface area contributed by atoms with Gasteiger partial charge in [-0.1, -0.05) is 0 Å². The summed E-state index contributed by atoms with van der Waals surface area (Å²) in [6.45, 7) is 1.15. The molecule has 1 unspecified atom stereocenters. The molecule has 0 aromatic carbocycles. The van der Waals surface area contributed by atoms with Crippen molar-refractivity contribution in [3.8, 4) is 0 Å². The second-order valence-corrected chi connectivity index (χ2v) is 5.35. The van der Waals surface area contributed by atoms with Gasteiger partial charge in [-0.3, -0.25) is 4.98 Å². The fraction of sp³-hybridized carbons (Fsp3) is 0.500. The predicted molar refractivity (Wildman–Crippen MR) is 64.4 cm³/mol. The first-order valence-electron chi connectivity index (χ1n) is 4.79. The molecule has 1 aromatic rings. The molecular formula is C10H12Br2N2. The van der Waals surface area contributed by atoms with Gasteiger partial charge in [0.05, 0.1) is 5.69 Å². The van der Waals surface area contributed by atoms with E-state index in [9.17, 15) is 0 Å². The Labute approximate surface area is 101 Å². The van der Waals surface area contributed by atoms with Crippen molar-refractivity contribution >= 4 is 31.9 Å². The number of hydrogen-bond acceptors (Lipinski definition) is 2. The fourth-order valence-corrected chi connectivity index (χ4v) is 2.91. The Balaban J connectivity index is 2.08. The van der Waals surface area contributed by atoms with Gasteiger partial charge in [-0.2, -0.15) is 0 Å². The summed E-state index contributed by atoms with van der Waals surface area (Å²) in [5.74, 6) is 0. The van der Waals surface area contributed by atoms with Gasteiger partial charge in [0.25, 0.3) is 0 Å². The molecule has 1 aliphatic rings. The molecule has 2 heterocycles. The van der Waals surface area contributed by atoms with Crippen LogP contribution in [0.15, 0.2) is 21.2 Å². The maximum absolute atomic E-state index is 4.41. The number of nitrogens with zero attached hydrogens (tertiary/aromatic N) is 1. The third kappa shape index (κ3) is 2.55. The smallest absolute Gasteiger partial charge is 0.0561 e. The maximum Gasteiger partial charge on any atom is 0.0561 e. The Morgan fingerprint density at radius 2 is 2.36 bits per heavy atom. The summed E-state index contributed by atoms with van der Waals surface area (Å²) in [6, 6.07) is 2.66. The number of rotatable bonds is 2. The van der Waals surface area contributed by atoms with Gasteiger partial charge in [-0.25, -0.2) is 0 Å². The molecule has 2 rings (SSSR count). The van der Waals surface area contributed by atoms with Gasteiger partial charge in [0.1, 0.15) is 0 Å². The summed E-state index contributed by atoms with van der Waals surface area (Å²) >= 11 is 6.93. The van der Waals surface area contributed by atoms with Gasteiger partial charge in [-0.05, 0) is 57.3 Å². The molecule has 0 radical (unpaired) electrons. The Kier molecular flexibility index (Phi) is 3.57. The molecule has 0 spiro atoms. The Bertz CT molecular complexity index is 322. The van der Waals surface area contributed by atoms with Crippen LogP contribution in [0.2, 0.25) is 0 Å². The van der Waals surface area contributed by atoms with E-state index < -0.39 is 0 Å². The maximum atomic E-state index is 4.41. The minimum Gasteiger partial charge on any atom is -0.314 e. The number of nitrogens with one attached hydrogen (secondary N) is 1. The van der Waals surface area contributed by atoms with E-state index in [1.807, 2.05) is 6.20 Å². The van der Waals surface area contributed by atoms with Crippen molar-refractivity contribution < 1.29 is 0 Å². The van der Waals surface area contributed by atoms with Crippen LogP contribution < -0.4 is 5.32 Å². The highest BCUT2D eigenvalue weighted by molar-refractivity contribution is 9.11. The van der Waals surface area contributed by atoms with Crippen LogP contribution in [0.3, 0.4) is 0 Å².